The summed E-state index contributed by atoms with van der Waals surface area (Å²) in [5.74, 6) is 2.26. The highest BCUT2D eigenvalue weighted by atomic mass is 32.2. The molecule has 0 heterocycles. The summed E-state index contributed by atoms with van der Waals surface area (Å²) in [6, 6.07) is 0. The Morgan fingerprint density at radius 1 is 1.62 bits per heavy atom. The molecular formula is C11H23N3OS. The fraction of sp³-hybridized carbons (Fsp3) is 0.909. The van der Waals surface area contributed by atoms with E-state index >= 15 is 0 Å². The first kappa shape index (κ1) is 13.6. The van der Waals surface area contributed by atoms with Gasteiger partial charge in [-0.2, -0.15) is 11.8 Å². The largest absolute Gasteiger partial charge is 0.409 e. The lowest BCUT2D eigenvalue weighted by Crippen LogP contribution is -2.31. The van der Waals surface area contributed by atoms with Gasteiger partial charge < -0.3 is 16.3 Å². The summed E-state index contributed by atoms with van der Waals surface area (Å²) in [5.41, 5.74) is 5.82. The van der Waals surface area contributed by atoms with Gasteiger partial charge in [-0.15, -0.1) is 0 Å². The average Bonchev–Trinajstić information content (AvgIpc) is 2.98. The molecule has 0 radical (unpaired) electrons. The van der Waals surface area contributed by atoms with Crippen LogP contribution >= 0.6 is 11.8 Å². The molecule has 0 aliphatic heterocycles. The highest BCUT2D eigenvalue weighted by Crippen LogP contribution is 2.48. The van der Waals surface area contributed by atoms with Crippen LogP contribution in [0.2, 0.25) is 0 Å². The number of nitrogens with zero attached hydrogens (tertiary/aromatic N) is 1. The van der Waals surface area contributed by atoms with E-state index in [1.807, 2.05) is 11.8 Å². The number of nitrogens with two attached hydrogens (primary N) is 1. The lowest BCUT2D eigenvalue weighted by atomic mass is 10.0. The van der Waals surface area contributed by atoms with Crippen molar-refractivity contribution >= 4 is 17.6 Å². The minimum atomic E-state index is 0.273. The molecule has 1 saturated carbocycles. The Morgan fingerprint density at radius 3 is 2.81 bits per heavy atom. The SMILES string of the molecule is CSCC(C)CNCC1(CC(N)=NO)CC1. The van der Waals surface area contributed by atoms with E-state index in [4.69, 9.17) is 10.9 Å². The van der Waals surface area contributed by atoms with Gasteiger partial charge in [-0.05, 0) is 42.7 Å². The molecule has 1 aliphatic rings. The fourth-order valence-corrected chi connectivity index (χ4v) is 2.63. The Morgan fingerprint density at radius 2 is 2.31 bits per heavy atom. The monoisotopic (exact) mass is 245 g/mol. The Kier molecular flexibility index (Phi) is 5.41. The molecule has 94 valence electrons. The van der Waals surface area contributed by atoms with Crippen LogP contribution in [0.4, 0.5) is 0 Å². The number of hydrogen-bond acceptors (Lipinski definition) is 4. The first-order valence-electron chi connectivity index (χ1n) is 5.78. The molecule has 0 amide bonds. The van der Waals surface area contributed by atoms with Crippen molar-refractivity contribution in [2.24, 2.45) is 22.2 Å². The highest BCUT2D eigenvalue weighted by Gasteiger charge is 2.42. The van der Waals surface area contributed by atoms with Gasteiger partial charge in [0.2, 0.25) is 0 Å². The molecule has 0 aromatic rings. The fourth-order valence-electron chi connectivity index (χ4n) is 1.94. The van der Waals surface area contributed by atoms with E-state index < -0.39 is 0 Å². The quantitative estimate of drug-likeness (QED) is 0.262. The Hall–Kier alpha value is -0.420. The third kappa shape index (κ3) is 4.61. The van der Waals surface area contributed by atoms with E-state index in [1.165, 1.54) is 18.6 Å². The van der Waals surface area contributed by atoms with Gasteiger partial charge >= 0.3 is 0 Å². The van der Waals surface area contributed by atoms with Crippen LogP contribution in [0.15, 0.2) is 5.16 Å². The van der Waals surface area contributed by atoms with E-state index in [0.717, 1.165) is 13.1 Å². The van der Waals surface area contributed by atoms with Gasteiger partial charge in [0.25, 0.3) is 0 Å². The molecule has 1 atom stereocenters. The lowest BCUT2D eigenvalue weighted by Gasteiger charge is -2.17. The maximum Gasteiger partial charge on any atom is 0.139 e. The summed E-state index contributed by atoms with van der Waals surface area (Å²) in [6.45, 7) is 4.30. The number of rotatable bonds is 8. The Bertz CT molecular complexity index is 241. The number of thioether (sulfide) groups is 1. The first-order chi connectivity index (χ1) is 7.62. The number of hydrogen-bond donors (Lipinski definition) is 3. The van der Waals surface area contributed by atoms with Crippen LogP contribution in [-0.2, 0) is 0 Å². The topological polar surface area (TPSA) is 70.6 Å². The summed E-state index contributed by atoms with van der Waals surface area (Å²) in [7, 11) is 0. The third-order valence-electron chi connectivity index (χ3n) is 3.09. The van der Waals surface area contributed by atoms with Crippen molar-refractivity contribution in [2.45, 2.75) is 26.2 Å². The molecule has 1 rings (SSSR count). The van der Waals surface area contributed by atoms with E-state index in [-0.39, 0.29) is 5.41 Å². The molecule has 16 heavy (non-hydrogen) atoms. The van der Waals surface area contributed by atoms with Gasteiger partial charge in [-0.3, -0.25) is 0 Å². The van der Waals surface area contributed by atoms with Gasteiger partial charge in [0.15, 0.2) is 0 Å². The smallest absolute Gasteiger partial charge is 0.139 e. The molecule has 1 fully saturated rings. The molecule has 4 nitrogen and oxygen atoms in total. The predicted octanol–water partition coefficient (Wildman–Crippen LogP) is 1.49. The van der Waals surface area contributed by atoms with E-state index in [2.05, 4.69) is 23.7 Å². The first-order valence-corrected chi connectivity index (χ1v) is 7.17. The Labute approximate surface area is 102 Å². The van der Waals surface area contributed by atoms with Gasteiger partial charge in [-0.25, -0.2) is 0 Å². The zero-order valence-electron chi connectivity index (χ0n) is 10.2. The van der Waals surface area contributed by atoms with Crippen molar-refractivity contribution in [3.8, 4) is 0 Å². The van der Waals surface area contributed by atoms with Crippen LogP contribution in [0.25, 0.3) is 0 Å². The van der Waals surface area contributed by atoms with E-state index in [0.29, 0.717) is 18.2 Å². The minimum Gasteiger partial charge on any atom is -0.409 e. The lowest BCUT2D eigenvalue weighted by molar-refractivity contribution is 0.314. The second kappa shape index (κ2) is 6.35. The molecule has 0 spiro atoms. The van der Waals surface area contributed by atoms with Crippen molar-refractivity contribution in [1.29, 1.82) is 0 Å². The molecule has 1 aliphatic carbocycles. The summed E-state index contributed by atoms with van der Waals surface area (Å²) >= 11 is 1.89. The highest BCUT2D eigenvalue weighted by molar-refractivity contribution is 7.98. The summed E-state index contributed by atoms with van der Waals surface area (Å²) in [4.78, 5) is 0. The molecule has 0 bridgehead atoms. The van der Waals surface area contributed by atoms with Crippen LogP contribution in [0.5, 0.6) is 0 Å². The molecular weight excluding hydrogens is 222 g/mol. The van der Waals surface area contributed by atoms with Crippen LogP contribution in [0, 0.1) is 11.3 Å². The van der Waals surface area contributed by atoms with E-state index in [1.54, 1.807) is 0 Å². The summed E-state index contributed by atoms with van der Waals surface area (Å²) in [6.07, 6.45) is 5.23. The second-order valence-electron chi connectivity index (χ2n) is 4.96. The van der Waals surface area contributed by atoms with Gasteiger partial charge in [0.1, 0.15) is 5.84 Å². The molecule has 5 heteroatoms. The maximum atomic E-state index is 8.55. The van der Waals surface area contributed by atoms with Crippen molar-refractivity contribution in [2.75, 3.05) is 25.1 Å². The van der Waals surface area contributed by atoms with Crippen molar-refractivity contribution in [3.63, 3.8) is 0 Å². The predicted molar refractivity (Wildman–Crippen MR) is 70.1 cm³/mol. The summed E-state index contributed by atoms with van der Waals surface area (Å²) < 4.78 is 0. The van der Waals surface area contributed by atoms with Gasteiger partial charge in [0, 0.05) is 13.0 Å². The zero-order valence-corrected chi connectivity index (χ0v) is 11.0. The van der Waals surface area contributed by atoms with Crippen LogP contribution < -0.4 is 11.1 Å². The van der Waals surface area contributed by atoms with Gasteiger partial charge in [-0.1, -0.05) is 12.1 Å². The maximum absolute atomic E-state index is 8.55. The van der Waals surface area contributed by atoms with Crippen molar-refractivity contribution < 1.29 is 5.21 Å². The molecule has 4 N–H and O–H groups in total. The molecule has 0 aromatic heterocycles. The Balaban J connectivity index is 2.17. The van der Waals surface area contributed by atoms with Crippen molar-refractivity contribution in [3.05, 3.63) is 0 Å². The minimum absolute atomic E-state index is 0.273. The average molecular weight is 245 g/mol. The van der Waals surface area contributed by atoms with E-state index in [9.17, 15) is 0 Å². The molecule has 0 aromatic carbocycles. The summed E-state index contributed by atoms with van der Waals surface area (Å²) in [5, 5.41) is 15.1. The van der Waals surface area contributed by atoms with Crippen LogP contribution in [0.1, 0.15) is 26.2 Å². The van der Waals surface area contributed by atoms with Gasteiger partial charge in [0.05, 0.1) is 0 Å². The van der Waals surface area contributed by atoms with Crippen molar-refractivity contribution in [1.82, 2.24) is 5.32 Å². The number of oxime groups is 1. The number of nitrogens with one attached hydrogen (secondary N) is 1. The normalized spacial score (nSPS) is 20.8. The van der Waals surface area contributed by atoms with Crippen LogP contribution in [-0.4, -0.2) is 36.1 Å². The van der Waals surface area contributed by atoms with Crippen LogP contribution in [0.3, 0.4) is 0 Å². The molecule has 1 unspecified atom stereocenters. The standard InChI is InChI=1S/C11H23N3OS/c1-9(7-16-2)6-13-8-11(3-4-11)5-10(12)14-15/h9,13,15H,3-8H2,1-2H3,(H2,12,14). The second-order valence-corrected chi connectivity index (χ2v) is 5.87. The zero-order chi connectivity index (χ0) is 12.0. The third-order valence-corrected chi connectivity index (χ3v) is 3.99. The number of amidine groups is 1. The molecule has 0 saturated heterocycles.